The van der Waals surface area contributed by atoms with Crippen molar-refractivity contribution in [2.45, 2.75) is 19.3 Å². The maximum Gasteiger partial charge on any atom is 0.259 e. The fourth-order valence-electron chi connectivity index (χ4n) is 3.26. The van der Waals surface area contributed by atoms with E-state index in [2.05, 4.69) is 15.1 Å². The Morgan fingerprint density at radius 2 is 1.96 bits per heavy atom. The first kappa shape index (κ1) is 15.5. The van der Waals surface area contributed by atoms with E-state index in [9.17, 15) is 4.79 Å². The zero-order chi connectivity index (χ0) is 17.2. The lowest BCUT2D eigenvalue weighted by molar-refractivity contribution is 0.0789. The van der Waals surface area contributed by atoms with Crippen LogP contribution in [-0.2, 0) is 0 Å². The van der Waals surface area contributed by atoms with Crippen LogP contribution in [0.4, 0.5) is 0 Å². The second-order valence-electron chi connectivity index (χ2n) is 6.17. The Morgan fingerprint density at radius 1 is 1.16 bits per heavy atom. The number of aryl methyl sites for hydroxylation is 1. The molecule has 1 fully saturated rings. The van der Waals surface area contributed by atoms with Crippen molar-refractivity contribution in [2.24, 2.45) is 0 Å². The molecule has 1 aliphatic heterocycles. The van der Waals surface area contributed by atoms with Crippen LogP contribution in [0.25, 0.3) is 11.4 Å². The van der Waals surface area contributed by atoms with Gasteiger partial charge in [-0.05, 0) is 37.6 Å². The Morgan fingerprint density at radius 3 is 2.68 bits per heavy atom. The molecule has 1 atom stereocenters. The summed E-state index contributed by atoms with van der Waals surface area (Å²) in [6.07, 6.45) is 4.38. The fraction of sp³-hybridized carbons (Fsp3) is 0.263. The Kier molecular flexibility index (Phi) is 4.01. The minimum atomic E-state index is -0.0576. The molecule has 0 aliphatic carbocycles. The third kappa shape index (κ3) is 2.91. The molecule has 0 spiro atoms. The number of carbonyl (C=O) groups excluding carboxylic acids is 1. The van der Waals surface area contributed by atoms with E-state index < -0.39 is 0 Å². The largest absolute Gasteiger partial charge is 0.360 e. The standard InChI is InChI=1S/C19H18N4O2/c1-13-17(18(22-25-13)16-7-3-5-10-21-16)19(24)23-11-8-14(12-23)15-6-2-4-9-20-15/h2-7,9-10,14H,8,11-12H2,1H3/t14-/m0/s1. The van der Waals surface area contributed by atoms with Crippen LogP contribution in [0.15, 0.2) is 53.3 Å². The summed E-state index contributed by atoms with van der Waals surface area (Å²) < 4.78 is 5.29. The lowest BCUT2D eigenvalue weighted by Crippen LogP contribution is -2.29. The molecule has 0 radical (unpaired) electrons. The molecular weight excluding hydrogens is 316 g/mol. The van der Waals surface area contributed by atoms with Crippen LogP contribution >= 0.6 is 0 Å². The van der Waals surface area contributed by atoms with Gasteiger partial charge >= 0.3 is 0 Å². The van der Waals surface area contributed by atoms with Gasteiger partial charge in [0.1, 0.15) is 17.0 Å². The minimum absolute atomic E-state index is 0.0576. The monoisotopic (exact) mass is 334 g/mol. The quantitative estimate of drug-likeness (QED) is 0.736. The molecule has 3 aromatic heterocycles. The van der Waals surface area contributed by atoms with Gasteiger partial charge in [-0.3, -0.25) is 14.8 Å². The first-order chi connectivity index (χ1) is 12.2. The van der Waals surface area contributed by atoms with Crippen LogP contribution in [0.3, 0.4) is 0 Å². The molecule has 3 aromatic rings. The highest BCUT2D eigenvalue weighted by Crippen LogP contribution is 2.30. The molecule has 6 heteroatoms. The Hall–Kier alpha value is -3.02. The van der Waals surface area contributed by atoms with Gasteiger partial charge in [-0.25, -0.2) is 0 Å². The smallest absolute Gasteiger partial charge is 0.259 e. The molecule has 0 aromatic carbocycles. The van der Waals surface area contributed by atoms with E-state index in [1.807, 2.05) is 41.3 Å². The predicted octanol–water partition coefficient (Wildman–Crippen LogP) is 3.07. The highest BCUT2D eigenvalue weighted by atomic mass is 16.5. The molecular formula is C19H18N4O2. The van der Waals surface area contributed by atoms with E-state index in [0.29, 0.717) is 35.8 Å². The number of likely N-dealkylation sites (tertiary alicyclic amines) is 1. The van der Waals surface area contributed by atoms with Crippen LogP contribution in [-0.4, -0.2) is 39.0 Å². The number of pyridine rings is 2. The van der Waals surface area contributed by atoms with Crippen LogP contribution in [0.5, 0.6) is 0 Å². The van der Waals surface area contributed by atoms with Gasteiger partial charge in [0.25, 0.3) is 5.91 Å². The molecule has 25 heavy (non-hydrogen) atoms. The van der Waals surface area contributed by atoms with Crippen molar-refractivity contribution in [2.75, 3.05) is 13.1 Å². The predicted molar refractivity (Wildman–Crippen MR) is 92.0 cm³/mol. The lowest BCUT2D eigenvalue weighted by atomic mass is 10.0. The summed E-state index contributed by atoms with van der Waals surface area (Å²) in [5.74, 6) is 0.730. The molecule has 0 N–H and O–H groups in total. The number of nitrogens with zero attached hydrogens (tertiary/aromatic N) is 4. The molecule has 1 aliphatic rings. The SMILES string of the molecule is Cc1onc(-c2ccccn2)c1C(=O)N1CC[C@H](c2ccccn2)C1. The van der Waals surface area contributed by atoms with Crippen molar-refractivity contribution in [3.05, 3.63) is 65.8 Å². The number of hydrogen-bond acceptors (Lipinski definition) is 5. The van der Waals surface area contributed by atoms with Crippen molar-refractivity contribution in [3.63, 3.8) is 0 Å². The highest BCUT2D eigenvalue weighted by Gasteiger charge is 2.32. The second-order valence-corrected chi connectivity index (χ2v) is 6.17. The maximum absolute atomic E-state index is 13.1. The van der Waals surface area contributed by atoms with Crippen molar-refractivity contribution in [1.29, 1.82) is 0 Å². The summed E-state index contributed by atoms with van der Waals surface area (Å²) in [5.41, 5.74) is 2.68. The van der Waals surface area contributed by atoms with Crippen LogP contribution in [0, 0.1) is 6.92 Å². The second kappa shape index (κ2) is 6.47. The van der Waals surface area contributed by atoms with Crippen molar-refractivity contribution < 1.29 is 9.32 Å². The van der Waals surface area contributed by atoms with E-state index in [-0.39, 0.29) is 11.8 Å². The number of carbonyl (C=O) groups is 1. The van der Waals surface area contributed by atoms with Gasteiger partial charge in [-0.2, -0.15) is 0 Å². The third-order valence-electron chi connectivity index (χ3n) is 4.57. The van der Waals surface area contributed by atoms with Gasteiger partial charge < -0.3 is 9.42 Å². The Balaban J connectivity index is 1.59. The van der Waals surface area contributed by atoms with Gasteiger partial charge in [0.15, 0.2) is 0 Å². The number of rotatable bonds is 3. The van der Waals surface area contributed by atoms with E-state index in [4.69, 9.17) is 4.52 Å². The third-order valence-corrected chi connectivity index (χ3v) is 4.57. The molecule has 0 bridgehead atoms. The van der Waals surface area contributed by atoms with E-state index in [0.717, 1.165) is 12.1 Å². The average molecular weight is 334 g/mol. The Bertz CT molecular complexity index is 877. The molecule has 0 unspecified atom stereocenters. The van der Waals surface area contributed by atoms with E-state index >= 15 is 0 Å². The van der Waals surface area contributed by atoms with E-state index in [1.165, 1.54) is 0 Å². The van der Waals surface area contributed by atoms with Crippen molar-refractivity contribution in [1.82, 2.24) is 20.0 Å². The first-order valence-electron chi connectivity index (χ1n) is 8.32. The number of hydrogen-bond donors (Lipinski definition) is 0. The average Bonchev–Trinajstić information content (AvgIpc) is 3.30. The molecule has 126 valence electrons. The zero-order valence-corrected chi connectivity index (χ0v) is 13.9. The fourth-order valence-corrected chi connectivity index (χ4v) is 3.26. The van der Waals surface area contributed by atoms with Gasteiger partial charge in [0, 0.05) is 37.1 Å². The summed E-state index contributed by atoms with van der Waals surface area (Å²) in [7, 11) is 0. The molecule has 4 rings (SSSR count). The minimum Gasteiger partial charge on any atom is -0.360 e. The molecule has 0 saturated carbocycles. The number of aromatic nitrogens is 3. The first-order valence-corrected chi connectivity index (χ1v) is 8.32. The summed E-state index contributed by atoms with van der Waals surface area (Å²) in [6.45, 7) is 3.12. The van der Waals surface area contributed by atoms with Crippen LogP contribution in [0.1, 0.15) is 34.2 Å². The maximum atomic E-state index is 13.1. The van der Waals surface area contributed by atoms with Crippen LogP contribution in [0.2, 0.25) is 0 Å². The van der Waals surface area contributed by atoms with E-state index in [1.54, 1.807) is 19.3 Å². The zero-order valence-electron chi connectivity index (χ0n) is 13.9. The summed E-state index contributed by atoms with van der Waals surface area (Å²) in [6, 6.07) is 11.4. The van der Waals surface area contributed by atoms with Gasteiger partial charge in [0.05, 0.1) is 5.69 Å². The van der Waals surface area contributed by atoms with Gasteiger partial charge in [-0.1, -0.05) is 17.3 Å². The summed E-state index contributed by atoms with van der Waals surface area (Å²) in [5, 5.41) is 4.06. The summed E-state index contributed by atoms with van der Waals surface area (Å²) in [4.78, 5) is 23.6. The molecule has 1 saturated heterocycles. The topological polar surface area (TPSA) is 72.1 Å². The Labute approximate surface area is 145 Å². The molecule has 1 amide bonds. The summed E-state index contributed by atoms with van der Waals surface area (Å²) >= 11 is 0. The normalized spacial score (nSPS) is 17.0. The lowest BCUT2D eigenvalue weighted by Gasteiger charge is -2.16. The molecule has 6 nitrogen and oxygen atoms in total. The highest BCUT2D eigenvalue weighted by molar-refractivity contribution is 6.00. The van der Waals surface area contributed by atoms with Gasteiger partial charge in [0.2, 0.25) is 0 Å². The van der Waals surface area contributed by atoms with Crippen molar-refractivity contribution in [3.8, 4) is 11.4 Å². The van der Waals surface area contributed by atoms with Crippen LogP contribution < -0.4 is 0 Å². The number of amides is 1. The van der Waals surface area contributed by atoms with Crippen molar-refractivity contribution >= 4 is 5.91 Å². The van der Waals surface area contributed by atoms with Gasteiger partial charge in [-0.15, -0.1) is 0 Å². The molecule has 4 heterocycles.